The lowest BCUT2D eigenvalue weighted by Gasteiger charge is -2.16. The van der Waals surface area contributed by atoms with Crippen molar-refractivity contribution in [1.29, 1.82) is 0 Å². The summed E-state index contributed by atoms with van der Waals surface area (Å²) >= 11 is 0. The van der Waals surface area contributed by atoms with Gasteiger partial charge < -0.3 is 9.88 Å². The molecule has 0 radical (unpaired) electrons. The molecule has 1 heterocycles. The van der Waals surface area contributed by atoms with Crippen LogP contribution in [0.5, 0.6) is 0 Å². The van der Waals surface area contributed by atoms with E-state index >= 15 is 0 Å². The highest BCUT2D eigenvalue weighted by atomic mass is 19.4. The van der Waals surface area contributed by atoms with E-state index in [1.165, 1.54) is 6.33 Å². The Balaban J connectivity index is 2.25. The second-order valence-corrected chi connectivity index (χ2v) is 5.09. The van der Waals surface area contributed by atoms with Crippen molar-refractivity contribution >= 4 is 16.9 Å². The first-order valence-electron chi connectivity index (χ1n) is 6.47. The molecule has 0 aliphatic carbocycles. The Morgan fingerprint density at radius 3 is 2.57 bits per heavy atom. The predicted molar refractivity (Wildman–Crippen MR) is 73.0 cm³/mol. The smallest absolute Gasteiger partial charge is 0.345 e. The van der Waals surface area contributed by atoms with Crippen molar-refractivity contribution in [3.05, 3.63) is 29.6 Å². The van der Waals surface area contributed by atoms with Crippen molar-refractivity contribution in [3.63, 3.8) is 0 Å². The van der Waals surface area contributed by atoms with Gasteiger partial charge in [-0.05, 0) is 44.0 Å². The molecule has 1 N–H and O–H groups in total. The van der Waals surface area contributed by atoms with Crippen LogP contribution in [-0.4, -0.2) is 28.2 Å². The van der Waals surface area contributed by atoms with Crippen LogP contribution in [0.15, 0.2) is 18.5 Å². The number of imidazole rings is 1. The molecule has 0 fully saturated rings. The van der Waals surface area contributed by atoms with Crippen LogP contribution < -0.4 is 5.32 Å². The second-order valence-electron chi connectivity index (χ2n) is 5.09. The molecule has 1 aromatic carbocycles. The van der Waals surface area contributed by atoms with Crippen LogP contribution in [-0.2, 0) is 4.79 Å². The minimum atomic E-state index is -4.42. The highest BCUT2D eigenvalue weighted by Crippen LogP contribution is 2.22. The second kappa shape index (κ2) is 5.38. The predicted octanol–water partition coefficient (Wildman–Crippen LogP) is 2.89. The number of alkyl halides is 3. The number of aryl methyl sites for hydroxylation is 2. The number of benzene rings is 1. The molecule has 2 aromatic rings. The average molecular weight is 299 g/mol. The summed E-state index contributed by atoms with van der Waals surface area (Å²) in [6.45, 7) is 4.09. The topological polar surface area (TPSA) is 46.9 Å². The maximum Gasteiger partial charge on any atom is 0.405 e. The van der Waals surface area contributed by atoms with E-state index < -0.39 is 24.7 Å². The number of halogens is 3. The fraction of sp³-hybridized carbons (Fsp3) is 0.429. The fourth-order valence-corrected chi connectivity index (χ4v) is 2.05. The molecule has 0 bridgehead atoms. The molecular weight excluding hydrogens is 283 g/mol. The van der Waals surface area contributed by atoms with Gasteiger partial charge in [0.15, 0.2) is 0 Å². The van der Waals surface area contributed by atoms with E-state index in [1.54, 1.807) is 11.5 Å². The molecule has 2 rings (SSSR count). The van der Waals surface area contributed by atoms with E-state index in [-0.39, 0.29) is 0 Å². The quantitative estimate of drug-likeness (QED) is 0.947. The minimum absolute atomic E-state index is 0.690. The number of hydrogen-bond donors (Lipinski definition) is 1. The van der Waals surface area contributed by atoms with Crippen molar-refractivity contribution < 1.29 is 18.0 Å². The van der Waals surface area contributed by atoms with Gasteiger partial charge in [0.2, 0.25) is 5.91 Å². The summed E-state index contributed by atoms with van der Waals surface area (Å²) in [6.07, 6.45) is -2.94. The summed E-state index contributed by atoms with van der Waals surface area (Å²) in [5.41, 5.74) is 3.55. The first kappa shape index (κ1) is 15.3. The molecule has 0 aliphatic rings. The number of aromatic nitrogens is 2. The summed E-state index contributed by atoms with van der Waals surface area (Å²) in [5, 5.41) is 1.89. The highest BCUT2D eigenvalue weighted by Gasteiger charge is 2.29. The first-order valence-corrected chi connectivity index (χ1v) is 6.47. The van der Waals surface area contributed by atoms with Gasteiger partial charge >= 0.3 is 6.18 Å². The van der Waals surface area contributed by atoms with E-state index in [0.717, 1.165) is 16.6 Å². The van der Waals surface area contributed by atoms with Crippen LogP contribution in [0.2, 0.25) is 0 Å². The number of nitrogens with one attached hydrogen (secondary N) is 1. The molecule has 1 aromatic heterocycles. The van der Waals surface area contributed by atoms with E-state index in [2.05, 4.69) is 4.98 Å². The van der Waals surface area contributed by atoms with Gasteiger partial charge in [-0.1, -0.05) is 0 Å². The Morgan fingerprint density at radius 1 is 1.33 bits per heavy atom. The van der Waals surface area contributed by atoms with Crippen LogP contribution in [0, 0.1) is 13.8 Å². The summed E-state index contributed by atoms with van der Waals surface area (Å²) in [5.74, 6) is -0.690. The Morgan fingerprint density at radius 2 is 1.95 bits per heavy atom. The van der Waals surface area contributed by atoms with E-state index in [9.17, 15) is 18.0 Å². The van der Waals surface area contributed by atoms with Crippen molar-refractivity contribution in [2.45, 2.75) is 33.0 Å². The van der Waals surface area contributed by atoms with Crippen molar-refractivity contribution in [2.24, 2.45) is 0 Å². The van der Waals surface area contributed by atoms with E-state index in [1.807, 2.05) is 31.3 Å². The SMILES string of the molecule is Cc1cc2ncn(C(C)C(=O)NCC(F)(F)F)c2cc1C. The van der Waals surface area contributed by atoms with Gasteiger partial charge in [0.1, 0.15) is 12.6 Å². The molecule has 114 valence electrons. The maximum absolute atomic E-state index is 12.1. The van der Waals surface area contributed by atoms with Crippen LogP contribution >= 0.6 is 0 Å². The third-order valence-corrected chi connectivity index (χ3v) is 3.45. The maximum atomic E-state index is 12.1. The monoisotopic (exact) mass is 299 g/mol. The van der Waals surface area contributed by atoms with Crippen molar-refractivity contribution in [2.75, 3.05) is 6.54 Å². The van der Waals surface area contributed by atoms with Crippen LogP contribution in [0.1, 0.15) is 24.1 Å². The number of fused-ring (bicyclic) bond motifs is 1. The van der Waals surface area contributed by atoms with Gasteiger partial charge in [-0.15, -0.1) is 0 Å². The van der Waals surface area contributed by atoms with Gasteiger partial charge in [-0.25, -0.2) is 4.98 Å². The fourth-order valence-electron chi connectivity index (χ4n) is 2.05. The third-order valence-electron chi connectivity index (χ3n) is 3.45. The summed E-state index contributed by atoms with van der Waals surface area (Å²) < 4.78 is 38.0. The lowest BCUT2D eigenvalue weighted by molar-refractivity contribution is -0.140. The molecule has 0 spiro atoms. The zero-order valence-corrected chi connectivity index (χ0v) is 12.0. The molecule has 0 aliphatic heterocycles. The average Bonchev–Trinajstić information content (AvgIpc) is 2.77. The Labute approximate surface area is 120 Å². The number of carbonyl (C=O) groups is 1. The van der Waals surface area contributed by atoms with Gasteiger partial charge in [-0.2, -0.15) is 13.2 Å². The first-order chi connectivity index (χ1) is 9.69. The zero-order chi connectivity index (χ0) is 15.8. The number of carbonyl (C=O) groups excluding carboxylic acids is 1. The molecule has 1 amide bonds. The summed E-state index contributed by atoms with van der Waals surface area (Å²) in [6, 6.07) is 3.01. The molecule has 1 unspecified atom stereocenters. The zero-order valence-electron chi connectivity index (χ0n) is 12.0. The number of rotatable bonds is 3. The van der Waals surface area contributed by atoms with Crippen molar-refractivity contribution in [1.82, 2.24) is 14.9 Å². The molecule has 1 atom stereocenters. The standard InChI is InChI=1S/C14H16F3N3O/c1-8-4-11-12(5-9(8)2)20(7-19-11)10(3)13(21)18-6-14(15,16)17/h4-5,7,10H,6H2,1-3H3,(H,18,21). The molecule has 21 heavy (non-hydrogen) atoms. The third kappa shape index (κ3) is 3.34. The summed E-state index contributed by atoms with van der Waals surface area (Å²) in [7, 11) is 0. The lowest BCUT2D eigenvalue weighted by atomic mass is 10.1. The van der Waals surface area contributed by atoms with Crippen molar-refractivity contribution in [3.8, 4) is 0 Å². The Hall–Kier alpha value is -2.05. The van der Waals surface area contributed by atoms with Gasteiger partial charge in [-0.3, -0.25) is 4.79 Å². The molecule has 0 saturated carbocycles. The van der Waals surface area contributed by atoms with E-state index in [4.69, 9.17) is 0 Å². The Bertz CT molecular complexity index is 676. The molecule has 7 heteroatoms. The van der Waals surface area contributed by atoms with Crippen LogP contribution in [0.25, 0.3) is 11.0 Å². The number of nitrogens with zero attached hydrogens (tertiary/aromatic N) is 2. The van der Waals surface area contributed by atoms with Crippen LogP contribution in [0.4, 0.5) is 13.2 Å². The van der Waals surface area contributed by atoms with Gasteiger partial charge in [0, 0.05) is 0 Å². The number of hydrogen-bond acceptors (Lipinski definition) is 2. The minimum Gasteiger partial charge on any atom is -0.345 e. The Kier molecular flexibility index (Phi) is 3.93. The summed E-state index contributed by atoms with van der Waals surface area (Å²) in [4.78, 5) is 16.0. The molecule has 0 saturated heterocycles. The normalized spacial score (nSPS) is 13.4. The molecular formula is C14H16F3N3O. The highest BCUT2D eigenvalue weighted by molar-refractivity contribution is 5.84. The molecule has 4 nitrogen and oxygen atoms in total. The van der Waals surface area contributed by atoms with Gasteiger partial charge in [0.05, 0.1) is 17.4 Å². The largest absolute Gasteiger partial charge is 0.405 e. The lowest BCUT2D eigenvalue weighted by Crippen LogP contribution is -2.37. The van der Waals surface area contributed by atoms with Crippen LogP contribution in [0.3, 0.4) is 0 Å². The number of amides is 1. The van der Waals surface area contributed by atoms with Gasteiger partial charge in [0.25, 0.3) is 0 Å². The van der Waals surface area contributed by atoms with E-state index in [0.29, 0.717) is 5.52 Å².